The molecule has 90 valence electrons. The van der Waals surface area contributed by atoms with Crippen LogP contribution in [0, 0.1) is 0 Å². The minimum Gasteiger partial charge on any atom is -0.344 e. The molecule has 0 N–H and O–H groups in total. The van der Waals surface area contributed by atoms with Crippen LogP contribution in [0.3, 0.4) is 0 Å². The molecule has 0 radical (unpaired) electrons. The second-order valence-electron chi connectivity index (χ2n) is 4.67. The third-order valence-electron chi connectivity index (χ3n) is 2.88. The van der Waals surface area contributed by atoms with E-state index in [0.717, 1.165) is 10.0 Å². The number of aromatic nitrogens is 1. The van der Waals surface area contributed by atoms with E-state index in [9.17, 15) is 4.79 Å². The van der Waals surface area contributed by atoms with Gasteiger partial charge in [-0.25, -0.2) is 0 Å². The largest absolute Gasteiger partial charge is 0.344 e. The van der Waals surface area contributed by atoms with Gasteiger partial charge in [0.2, 0.25) is 0 Å². The predicted octanol–water partition coefficient (Wildman–Crippen LogP) is 4.12. The van der Waals surface area contributed by atoms with Crippen LogP contribution in [-0.4, -0.2) is 10.4 Å². The molecule has 2 aromatic rings. The number of rotatable bonds is 3. The van der Waals surface area contributed by atoms with Gasteiger partial charge in [-0.15, -0.1) is 0 Å². The number of benzene rings is 1. The van der Waals surface area contributed by atoms with Gasteiger partial charge in [-0.05, 0) is 48.3 Å². The Morgan fingerprint density at radius 2 is 2.12 bits per heavy atom. The van der Waals surface area contributed by atoms with E-state index in [1.165, 1.54) is 10.9 Å². The second kappa shape index (κ2) is 4.65. The molecular formula is C14H16BrNO. The number of hydrogen-bond acceptors (Lipinski definition) is 1. The first kappa shape index (κ1) is 12.4. The average molecular weight is 294 g/mol. The molecule has 0 saturated carbocycles. The molecule has 0 aliphatic rings. The zero-order valence-corrected chi connectivity index (χ0v) is 11.9. The monoisotopic (exact) mass is 293 g/mol. The van der Waals surface area contributed by atoms with Crippen molar-refractivity contribution < 1.29 is 4.79 Å². The Kier molecular flexibility index (Phi) is 3.38. The molecule has 0 bridgehead atoms. The highest BCUT2D eigenvalue weighted by Crippen LogP contribution is 2.31. The van der Waals surface area contributed by atoms with Crippen LogP contribution in [0.2, 0.25) is 0 Å². The molecule has 0 fully saturated rings. The molecule has 1 aromatic heterocycles. The van der Waals surface area contributed by atoms with E-state index >= 15 is 0 Å². The Bertz CT molecular complexity index is 569. The molecule has 0 saturated heterocycles. The van der Waals surface area contributed by atoms with E-state index < -0.39 is 0 Å². The fraction of sp³-hybridized carbons (Fsp3) is 0.357. The molecular weight excluding hydrogens is 278 g/mol. The van der Waals surface area contributed by atoms with Crippen molar-refractivity contribution in [3.8, 4) is 0 Å². The maximum absolute atomic E-state index is 11.3. The summed E-state index contributed by atoms with van der Waals surface area (Å²) in [5, 5.41) is 1.17. The zero-order chi connectivity index (χ0) is 12.6. The minimum atomic E-state index is 0.202. The zero-order valence-electron chi connectivity index (χ0n) is 10.3. The summed E-state index contributed by atoms with van der Waals surface area (Å²) in [7, 11) is 0. The number of carbonyl (C=O) groups is 1. The van der Waals surface area contributed by atoms with E-state index in [1.54, 1.807) is 6.92 Å². The van der Waals surface area contributed by atoms with Crippen LogP contribution in [0.25, 0.3) is 10.9 Å². The van der Waals surface area contributed by atoms with E-state index in [0.29, 0.717) is 12.5 Å². The number of Topliss-reactive ketones (excluding diaryl/α,β-unsaturated/α-hetero) is 1. The number of carbonyl (C=O) groups excluding carboxylic acids is 1. The van der Waals surface area contributed by atoms with Crippen molar-refractivity contribution in [2.75, 3.05) is 0 Å². The van der Waals surface area contributed by atoms with E-state index in [2.05, 4.69) is 46.6 Å². The molecule has 3 heteroatoms. The third-order valence-corrected chi connectivity index (χ3v) is 3.52. The fourth-order valence-electron chi connectivity index (χ4n) is 2.16. The fourth-order valence-corrected chi connectivity index (χ4v) is 2.73. The summed E-state index contributed by atoms with van der Waals surface area (Å²) in [4.78, 5) is 11.3. The first-order valence-corrected chi connectivity index (χ1v) is 6.57. The van der Waals surface area contributed by atoms with E-state index in [4.69, 9.17) is 0 Å². The molecule has 0 aliphatic carbocycles. The molecule has 1 heterocycles. The van der Waals surface area contributed by atoms with Gasteiger partial charge in [-0.1, -0.05) is 12.1 Å². The summed E-state index contributed by atoms with van der Waals surface area (Å²) in [6.07, 6.45) is 2.61. The molecule has 1 aromatic carbocycles. The molecule has 0 spiro atoms. The molecule has 2 nitrogen and oxygen atoms in total. The maximum Gasteiger partial charge on any atom is 0.134 e. The van der Waals surface area contributed by atoms with Crippen molar-refractivity contribution in [3.05, 3.63) is 34.4 Å². The summed E-state index contributed by atoms with van der Waals surface area (Å²) >= 11 is 3.59. The van der Waals surface area contributed by atoms with Crippen molar-refractivity contribution in [1.29, 1.82) is 0 Å². The number of halogens is 1. The van der Waals surface area contributed by atoms with Crippen LogP contribution in [-0.2, 0) is 11.2 Å². The summed E-state index contributed by atoms with van der Waals surface area (Å²) in [6, 6.07) is 6.52. The van der Waals surface area contributed by atoms with Gasteiger partial charge in [-0.2, -0.15) is 0 Å². The highest BCUT2D eigenvalue weighted by atomic mass is 79.9. The van der Waals surface area contributed by atoms with Crippen molar-refractivity contribution in [1.82, 2.24) is 4.57 Å². The lowest BCUT2D eigenvalue weighted by Crippen LogP contribution is -1.99. The summed E-state index contributed by atoms with van der Waals surface area (Å²) < 4.78 is 3.30. The van der Waals surface area contributed by atoms with Crippen molar-refractivity contribution in [2.45, 2.75) is 33.2 Å². The summed E-state index contributed by atoms with van der Waals surface area (Å²) in [5.41, 5.74) is 2.29. The van der Waals surface area contributed by atoms with Gasteiger partial charge in [-0.3, -0.25) is 4.79 Å². The molecule has 0 atom stereocenters. The number of hydrogen-bond donors (Lipinski definition) is 0. The number of ketones is 1. The maximum atomic E-state index is 11.3. The van der Waals surface area contributed by atoms with Crippen molar-refractivity contribution in [2.24, 2.45) is 0 Å². The first-order chi connectivity index (χ1) is 8.00. The quantitative estimate of drug-likeness (QED) is 0.834. The highest BCUT2D eigenvalue weighted by Gasteiger charge is 2.13. The summed E-state index contributed by atoms with van der Waals surface area (Å²) in [6.45, 7) is 5.93. The standard InChI is InChI=1S/C14H16BrNO/c1-9(2)16-8-11(7-10(3)17)12-5-4-6-13(15)14(12)16/h4-6,8-9H,7H2,1-3H3. The Labute approximate surface area is 110 Å². The lowest BCUT2D eigenvalue weighted by atomic mass is 10.1. The van der Waals surface area contributed by atoms with Crippen LogP contribution < -0.4 is 0 Å². The lowest BCUT2D eigenvalue weighted by molar-refractivity contribution is -0.116. The van der Waals surface area contributed by atoms with Crippen LogP contribution in [0.1, 0.15) is 32.4 Å². The van der Waals surface area contributed by atoms with Gasteiger partial charge in [0.05, 0.1) is 5.52 Å². The van der Waals surface area contributed by atoms with Crippen LogP contribution in [0.5, 0.6) is 0 Å². The Balaban J connectivity index is 2.71. The smallest absolute Gasteiger partial charge is 0.134 e. The van der Waals surface area contributed by atoms with Crippen molar-refractivity contribution >= 4 is 32.6 Å². The third kappa shape index (κ3) is 2.29. The molecule has 0 aliphatic heterocycles. The number of nitrogens with zero attached hydrogens (tertiary/aromatic N) is 1. The van der Waals surface area contributed by atoms with Crippen LogP contribution in [0.15, 0.2) is 28.9 Å². The van der Waals surface area contributed by atoms with Crippen LogP contribution >= 0.6 is 15.9 Å². The van der Waals surface area contributed by atoms with Crippen LogP contribution in [0.4, 0.5) is 0 Å². The highest BCUT2D eigenvalue weighted by molar-refractivity contribution is 9.10. The van der Waals surface area contributed by atoms with Gasteiger partial charge in [0.15, 0.2) is 0 Å². The second-order valence-corrected chi connectivity index (χ2v) is 5.52. The predicted molar refractivity (Wildman–Crippen MR) is 74.4 cm³/mol. The van der Waals surface area contributed by atoms with Crippen molar-refractivity contribution in [3.63, 3.8) is 0 Å². The van der Waals surface area contributed by atoms with E-state index in [1.807, 2.05) is 12.1 Å². The summed E-state index contributed by atoms with van der Waals surface area (Å²) in [5.74, 6) is 0.202. The SMILES string of the molecule is CC(=O)Cc1cn(C(C)C)c2c(Br)cccc12. The first-order valence-electron chi connectivity index (χ1n) is 5.78. The molecule has 0 unspecified atom stereocenters. The van der Waals surface area contributed by atoms with Gasteiger partial charge in [0.1, 0.15) is 5.78 Å². The minimum absolute atomic E-state index is 0.202. The Morgan fingerprint density at radius 1 is 1.41 bits per heavy atom. The van der Waals surface area contributed by atoms with E-state index in [-0.39, 0.29) is 5.78 Å². The molecule has 17 heavy (non-hydrogen) atoms. The Hall–Kier alpha value is -1.09. The normalized spacial score (nSPS) is 11.4. The van der Waals surface area contributed by atoms with Gasteiger partial charge in [0.25, 0.3) is 0 Å². The molecule has 0 amide bonds. The average Bonchev–Trinajstić information content (AvgIpc) is 2.58. The van der Waals surface area contributed by atoms with Gasteiger partial charge in [0, 0.05) is 28.5 Å². The van der Waals surface area contributed by atoms with Gasteiger partial charge < -0.3 is 4.57 Å². The number of para-hydroxylation sites is 1. The number of fused-ring (bicyclic) bond motifs is 1. The van der Waals surface area contributed by atoms with Gasteiger partial charge >= 0.3 is 0 Å². The lowest BCUT2D eigenvalue weighted by Gasteiger charge is -2.09. The molecule has 2 rings (SSSR count). The Morgan fingerprint density at radius 3 is 2.71 bits per heavy atom. The topological polar surface area (TPSA) is 22.0 Å².